The van der Waals surface area contributed by atoms with E-state index in [0.29, 0.717) is 0 Å². The second-order valence-electron chi connectivity index (χ2n) is 4.94. The van der Waals surface area contributed by atoms with E-state index >= 15 is 0 Å². The molecule has 3 nitrogen and oxygen atoms in total. The van der Waals surface area contributed by atoms with Gasteiger partial charge in [0.25, 0.3) is 0 Å². The third kappa shape index (κ3) is 2.86. The van der Waals surface area contributed by atoms with Crippen LogP contribution in [-0.4, -0.2) is 15.8 Å². The highest BCUT2D eigenvalue weighted by atomic mass is 32.2. The van der Waals surface area contributed by atoms with Crippen LogP contribution in [0.4, 0.5) is 0 Å². The van der Waals surface area contributed by atoms with E-state index in [-0.39, 0.29) is 6.04 Å². The van der Waals surface area contributed by atoms with Gasteiger partial charge in [0.05, 0.1) is 18.3 Å². The van der Waals surface area contributed by atoms with Crippen molar-refractivity contribution in [3.63, 3.8) is 0 Å². The fourth-order valence-corrected chi connectivity index (χ4v) is 3.03. The molecule has 0 aliphatic carbocycles. The third-order valence-electron chi connectivity index (χ3n) is 3.06. The molecule has 0 spiro atoms. The summed E-state index contributed by atoms with van der Waals surface area (Å²) in [5.41, 5.74) is 7.01. The fraction of sp³-hybridized carbons (Fsp3) is 0.188. The summed E-state index contributed by atoms with van der Waals surface area (Å²) in [4.78, 5) is 2.46. The summed E-state index contributed by atoms with van der Waals surface area (Å²) < 4.78 is 1.98. The van der Waals surface area contributed by atoms with Crippen LogP contribution in [0, 0.1) is 0 Å². The molecule has 0 radical (unpaired) electrons. The van der Waals surface area contributed by atoms with Gasteiger partial charge in [0.1, 0.15) is 0 Å². The Balaban J connectivity index is 1.93. The first-order valence-electron chi connectivity index (χ1n) is 6.66. The van der Waals surface area contributed by atoms with Crippen LogP contribution in [-0.2, 0) is 6.54 Å². The number of fused-ring (bicyclic) bond motifs is 1. The molecule has 1 heterocycles. The molecule has 4 heteroatoms. The molecular weight excluding hydrogens is 266 g/mol. The van der Waals surface area contributed by atoms with Gasteiger partial charge in [0.2, 0.25) is 0 Å². The molecule has 0 aliphatic heterocycles. The lowest BCUT2D eigenvalue weighted by molar-refractivity contribution is 0.553. The molecule has 102 valence electrons. The van der Waals surface area contributed by atoms with Gasteiger partial charge >= 0.3 is 0 Å². The summed E-state index contributed by atoms with van der Waals surface area (Å²) in [5, 5.41) is 5.57. The topological polar surface area (TPSA) is 43.8 Å². The van der Waals surface area contributed by atoms with Crippen molar-refractivity contribution >= 4 is 22.7 Å². The summed E-state index contributed by atoms with van der Waals surface area (Å²) in [6, 6.07) is 16.9. The molecular formula is C16H17N3S. The van der Waals surface area contributed by atoms with E-state index in [2.05, 4.69) is 47.6 Å². The maximum absolute atomic E-state index is 5.87. The van der Waals surface area contributed by atoms with Crippen molar-refractivity contribution < 1.29 is 0 Å². The van der Waals surface area contributed by atoms with Gasteiger partial charge in [0, 0.05) is 21.2 Å². The van der Waals surface area contributed by atoms with Crippen molar-refractivity contribution in [2.75, 3.05) is 0 Å². The highest BCUT2D eigenvalue weighted by molar-refractivity contribution is 7.99. The lowest BCUT2D eigenvalue weighted by Crippen LogP contribution is -2.22. The summed E-state index contributed by atoms with van der Waals surface area (Å²) in [5.74, 6) is 0. The Morgan fingerprint density at radius 3 is 2.70 bits per heavy atom. The van der Waals surface area contributed by atoms with Crippen molar-refractivity contribution in [3.05, 3.63) is 54.7 Å². The van der Waals surface area contributed by atoms with Gasteiger partial charge in [0.15, 0.2) is 0 Å². The lowest BCUT2D eigenvalue weighted by atomic mass is 10.2. The van der Waals surface area contributed by atoms with Crippen molar-refractivity contribution in [2.45, 2.75) is 29.3 Å². The number of nitrogens with two attached hydrogens (primary N) is 1. The van der Waals surface area contributed by atoms with E-state index in [9.17, 15) is 0 Å². The Morgan fingerprint density at radius 2 is 1.95 bits per heavy atom. The van der Waals surface area contributed by atoms with Crippen molar-refractivity contribution in [1.29, 1.82) is 0 Å². The Morgan fingerprint density at radius 1 is 1.15 bits per heavy atom. The smallest absolute Gasteiger partial charge is 0.0694 e. The van der Waals surface area contributed by atoms with Gasteiger partial charge in [-0.1, -0.05) is 36.0 Å². The molecule has 3 rings (SSSR count). The van der Waals surface area contributed by atoms with E-state index in [0.717, 1.165) is 17.4 Å². The van der Waals surface area contributed by atoms with Gasteiger partial charge < -0.3 is 5.73 Å². The first-order chi connectivity index (χ1) is 9.72. The normalized spacial score (nSPS) is 12.7. The molecule has 0 saturated heterocycles. The summed E-state index contributed by atoms with van der Waals surface area (Å²) >= 11 is 1.76. The third-order valence-corrected chi connectivity index (χ3v) is 4.05. The average molecular weight is 283 g/mol. The van der Waals surface area contributed by atoms with Gasteiger partial charge in [-0.15, -0.1) is 0 Å². The van der Waals surface area contributed by atoms with E-state index in [1.165, 1.54) is 9.79 Å². The zero-order chi connectivity index (χ0) is 13.9. The maximum Gasteiger partial charge on any atom is 0.0694 e. The Labute approximate surface area is 122 Å². The van der Waals surface area contributed by atoms with E-state index in [4.69, 9.17) is 5.73 Å². The predicted octanol–water partition coefficient (Wildman–Crippen LogP) is 3.53. The molecule has 1 unspecified atom stereocenters. The fourth-order valence-electron chi connectivity index (χ4n) is 2.16. The average Bonchev–Trinajstić information content (AvgIpc) is 2.82. The molecule has 2 N–H and O–H groups in total. The molecule has 0 aliphatic rings. The van der Waals surface area contributed by atoms with Crippen LogP contribution in [0.15, 0.2) is 64.5 Å². The quantitative estimate of drug-likeness (QED) is 0.796. The van der Waals surface area contributed by atoms with Crippen LogP contribution in [0.1, 0.15) is 6.92 Å². The highest BCUT2D eigenvalue weighted by Gasteiger charge is 2.06. The van der Waals surface area contributed by atoms with Crippen LogP contribution in [0.2, 0.25) is 0 Å². The number of benzene rings is 2. The first kappa shape index (κ1) is 13.2. The number of aromatic nitrogens is 2. The van der Waals surface area contributed by atoms with Gasteiger partial charge in [-0.2, -0.15) is 5.10 Å². The summed E-state index contributed by atoms with van der Waals surface area (Å²) in [6.07, 6.45) is 1.90. The molecule has 1 atom stereocenters. The second-order valence-corrected chi connectivity index (χ2v) is 6.09. The van der Waals surface area contributed by atoms with Crippen molar-refractivity contribution in [2.24, 2.45) is 5.73 Å². The highest BCUT2D eigenvalue weighted by Crippen LogP contribution is 2.29. The first-order valence-corrected chi connectivity index (χ1v) is 7.48. The molecule has 0 bridgehead atoms. The molecule has 0 amide bonds. The predicted molar refractivity (Wildman–Crippen MR) is 83.9 cm³/mol. The Hall–Kier alpha value is -1.78. The molecule has 20 heavy (non-hydrogen) atoms. The zero-order valence-electron chi connectivity index (χ0n) is 11.4. The minimum atomic E-state index is 0.100. The van der Waals surface area contributed by atoms with Gasteiger partial charge in [-0.3, -0.25) is 4.68 Å². The van der Waals surface area contributed by atoms with Crippen LogP contribution < -0.4 is 5.73 Å². The molecule has 3 aromatic rings. The summed E-state index contributed by atoms with van der Waals surface area (Å²) in [7, 11) is 0. The standard InChI is InChI=1S/C16H17N3S/c1-12(17)11-19-16-9-15(8-7-13(16)10-18-19)20-14-5-3-2-4-6-14/h2-10,12H,11,17H2,1H3. The van der Waals surface area contributed by atoms with Crippen molar-refractivity contribution in [3.8, 4) is 0 Å². The largest absolute Gasteiger partial charge is 0.326 e. The molecule has 2 aromatic carbocycles. The second kappa shape index (κ2) is 5.69. The van der Waals surface area contributed by atoms with Crippen LogP contribution in [0.3, 0.4) is 0 Å². The Bertz CT molecular complexity index is 704. The monoisotopic (exact) mass is 283 g/mol. The number of hydrogen-bond acceptors (Lipinski definition) is 3. The van der Waals surface area contributed by atoms with E-state index in [1.807, 2.05) is 23.9 Å². The molecule has 1 aromatic heterocycles. The SMILES string of the molecule is CC(N)Cn1ncc2ccc(Sc3ccccc3)cc21. The van der Waals surface area contributed by atoms with Gasteiger partial charge in [-0.05, 0) is 31.2 Å². The Kier molecular flexibility index (Phi) is 3.76. The minimum Gasteiger partial charge on any atom is -0.326 e. The minimum absolute atomic E-state index is 0.100. The molecule has 0 saturated carbocycles. The summed E-state index contributed by atoms with van der Waals surface area (Å²) in [6.45, 7) is 2.74. The van der Waals surface area contributed by atoms with Crippen LogP contribution in [0.25, 0.3) is 10.9 Å². The zero-order valence-corrected chi connectivity index (χ0v) is 12.2. The van der Waals surface area contributed by atoms with Crippen LogP contribution in [0.5, 0.6) is 0 Å². The van der Waals surface area contributed by atoms with E-state index in [1.54, 1.807) is 11.8 Å². The number of nitrogens with zero attached hydrogens (tertiary/aromatic N) is 2. The molecule has 0 fully saturated rings. The van der Waals surface area contributed by atoms with Gasteiger partial charge in [-0.25, -0.2) is 0 Å². The maximum atomic E-state index is 5.87. The van der Waals surface area contributed by atoms with Crippen LogP contribution >= 0.6 is 11.8 Å². The number of rotatable bonds is 4. The number of hydrogen-bond donors (Lipinski definition) is 1. The lowest BCUT2D eigenvalue weighted by Gasteiger charge is -2.07. The van der Waals surface area contributed by atoms with E-state index < -0.39 is 0 Å². The van der Waals surface area contributed by atoms with Crippen molar-refractivity contribution in [1.82, 2.24) is 9.78 Å².